The highest BCUT2D eigenvalue weighted by molar-refractivity contribution is 7.89. The Kier molecular flexibility index (Phi) is 5.94. The minimum absolute atomic E-state index is 0.0361. The number of anilines is 1. The Morgan fingerprint density at radius 2 is 2.10 bits per heavy atom. The number of nitrogens with two attached hydrogens (primary N) is 1. The number of hydrogen-bond donors (Lipinski definition) is 2. The van der Waals surface area contributed by atoms with E-state index in [1.165, 1.54) is 26.3 Å². The zero-order valence-corrected chi connectivity index (χ0v) is 12.9. The van der Waals surface area contributed by atoms with Gasteiger partial charge in [-0.2, -0.15) is 4.31 Å². The van der Waals surface area contributed by atoms with Crippen LogP contribution in [0.15, 0.2) is 23.1 Å². The van der Waals surface area contributed by atoms with Crippen molar-refractivity contribution >= 4 is 15.7 Å². The van der Waals surface area contributed by atoms with Crippen LogP contribution in [0.4, 0.5) is 5.69 Å². The van der Waals surface area contributed by atoms with Gasteiger partial charge in [0.1, 0.15) is 0 Å². The van der Waals surface area contributed by atoms with Crippen LogP contribution in [0.3, 0.4) is 0 Å². The van der Waals surface area contributed by atoms with E-state index in [-0.39, 0.29) is 18.0 Å². The molecule has 6 nitrogen and oxygen atoms in total. The first-order valence-corrected chi connectivity index (χ1v) is 7.78. The smallest absolute Gasteiger partial charge is 0.242 e. The van der Waals surface area contributed by atoms with Gasteiger partial charge in [-0.25, -0.2) is 8.42 Å². The van der Waals surface area contributed by atoms with Gasteiger partial charge in [0.15, 0.2) is 0 Å². The minimum atomic E-state index is -3.66. The minimum Gasteiger partial charge on any atom is -0.398 e. The average molecular weight is 302 g/mol. The number of methoxy groups -OCH3 is 1. The van der Waals surface area contributed by atoms with Gasteiger partial charge in [0.05, 0.1) is 17.6 Å². The summed E-state index contributed by atoms with van der Waals surface area (Å²) in [5.74, 6) is 0. The van der Waals surface area contributed by atoms with E-state index in [0.717, 1.165) is 16.3 Å². The molecule has 0 aliphatic rings. The van der Waals surface area contributed by atoms with Gasteiger partial charge >= 0.3 is 0 Å². The van der Waals surface area contributed by atoms with E-state index in [2.05, 4.69) is 0 Å². The van der Waals surface area contributed by atoms with Crippen LogP contribution in [-0.2, 0) is 21.2 Å². The molecule has 1 aromatic carbocycles. The van der Waals surface area contributed by atoms with Crippen molar-refractivity contribution in [2.75, 3.05) is 33.0 Å². The second-order valence-electron chi connectivity index (χ2n) is 4.61. The number of benzene rings is 1. The number of nitrogens with zero attached hydrogens (tertiary/aromatic N) is 1. The summed E-state index contributed by atoms with van der Waals surface area (Å²) in [6, 6.07) is 4.69. The fraction of sp³-hybridized carbons (Fsp3) is 0.538. The Labute approximate surface area is 120 Å². The third-order valence-corrected chi connectivity index (χ3v) is 4.85. The number of nitrogen functional groups attached to an aromatic ring is 1. The topological polar surface area (TPSA) is 92.9 Å². The van der Waals surface area contributed by atoms with Crippen LogP contribution >= 0.6 is 0 Å². The zero-order chi connectivity index (χ0) is 15.3. The maximum atomic E-state index is 12.3. The maximum Gasteiger partial charge on any atom is 0.242 e. The Morgan fingerprint density at radius 3 is 2.60 bits per heavy atom. The van der Waals surface area contributed by atoms with Crippen LogP contribution in [0.25, 0.3) is 0 Å². The van der Waals surface area contributed by atoms with Crippen LogP contribution < -0.4 is 5.73 Å². The fourth-order valence-corrected chi connectivity index (χ4v) is 3.12. The lowest BCUT2D eigenvalue weighted by Gasteiger charge is -2.20. The summed E-state index contributed by atoms with van der Waals surface area (Å²) in [7, 11) is -0.801. The van der Waals surface area contributed by atoms with Crippen molar-refractivity contribution in [3.05, 3.63) is 23.8 Å². The molecule has 3 N–H and O–H groups in total. The third-order valence-electron chi connectivity index (χ3n) is 3.03. The molecule has 0 amide bonds. The highest BCUT2D eigenvalue weighted by Gasteiger charge is 2.23. The lowest BCUT2D eigenvalue weighted by atomic mass is 10.1. The SMILES string of the molecule is CCc1ccc(S(=O)(=O)N(C)CC(O)COC)cc1N. The average Bonchev–Trinajstić information content (AvgIpc) is 2.38. The number of likely N-dealkylation sites (N-methyl/N-ethyl adjacent to an activating group) is 1. The summed E-state index contributed by atoms with van der Waals surface area (Å²) in [5.41, 5.74) is 7.19. The molecule has 1 unspecified atom stereocenters. The van der Waals surface area contributed by atoms with Gasteiger partial charge < -0.3 is 15.6 Å². The lowest BCUT2D eigenvalue weighted by molar-refractivity contribution is 0.0554. The van der Waals surface area contributed by atoms with Crippen molar-refractivity contribution in [3.8, 4) is 0 Å². The molecule has 1 atom stereocenters. The molecular formula is C13H22N2O4S. The molecule has 0 spiro atoms. The standard InChI is InChI=1S/C13H22N2O4S/c1-4-10-5-6-12(7-13(10)14)20(17,18)15(2)8-11(16)9-19-3/h5-7,11,16H,4,8-9,14H2,1-3H3. The van der Waals surface area contributed by atoms with Crippen LogP contribution in [0.1, 0.15) is 12.5 Å². The van der Waals surface area contributed by atoms with Crippen molar-refractivity contribution in [3.63, 3.8) is 0 Å². The van der Waals surface area contributed by atoms with Gasteiger partial charge in [0.25, 0.3) is 0 Å². The van der Waals surface area contributed by atoms with Gasteiger partial charge in [0.2, 0.25) is 10.0 Å². The largest absolute Gasteiger partial charge is 0.398 e. The first kappa shape index (κ1) is 16.9. The van der Waals surface area contributed by atoms with Crippen molar-refractivity contribution in [2.45, 2.75) is 24.3 Å². The van der Waals surface area contributed by atoms with Crippen molar-refractivity contribution < 1.29 is 18.3 Å². The zero-order valence-electron chi connectivity index (χ0n) is 12.0. The molecule has 0 aliphatic heterocycles. The number of rotatable bonds is 7. The van der Waals surface area contributed by atoms with Gasteiger partial charge in [-0.15, -0.1) is 0 Å². The molecule has 0 aromatic heterocycles. The summed E-state index contributed by atoms with van der Waals surface area (Å²) in [6.45, 7) is 2.00. The Morgan fingerprint density at radius 1 is 1.45 bits per heavy atom. The van der Waals surface area contributed by atoms with Gasteiger partial charge in [-0.1, -0.05) is 13.0 Å². The van der Waals surface area contributed by atoms with Crippen molar-refractivity contribution in [1.82, 2.24) is 4.31 Å². The molecule has 0 radical (unpaired) electrons. The lowest BCUT2D eigenvalue weighted by Crippen LogP contribution is -2.36. The van der Waals surface area contributed by atoms with Crippen molar-refractivity contribution in [2.24, 2.45) is 0 Å². The number of aryl methyl sites for hydroxylation is 1. The second-order valence-corrected chi connectivity index (χ2v) is 6.65. The summed E-state index contributed by atoms with van der Waals surface area (Å²) < 4.78 is 30.6. The molecule has 1 rings (SSSR count). The van der Waals surface area contributed by atoms with Gasteiger partial charge in [-0.3, -0.25) is 0 Å². The second kappa shape index (κ2) is 7.03. The van der Waals surface area contributed by atoms with Crippen molar-refractivity contribution in [1.29, 1.82) is 0 Å². The van der Waals surface area contributed by atoms with Crippen LogP contribution in [0.5, 0.6) is 0 Å². The van der Waals surface area contributed by atoms with Crippen LogP contribution in [0, 0.1) is 0 Å². The monoisotopic (exact) mass is 302 g/mol. The summed E-state index contributed by atoms with van der Waals surface area (Å²) in [6.07, 6.45) is -0.124. The predicted molar refractivity (Wildman–Crippen MR) is 77.9 cm³/mol. The predicted octanol–water partition coefficient (Wildman–Crippen LogP) is 0.459. The molecular weight excluding hydrogens is 280 g/mol. The van der Waals surface area contributed by atoms with E-state index < -0.39 is 16.1 Å². The quantitative estimate of drug-likeness (QED) is 0.714. The molecule has 0 saturated heterocycles. The van der Waals surface area contributed by atoms with Crippen LogP contribution in [-0.4, -0.2) is 51.2 Å². The molecule has 0 heterocycles. The highest BCUT2D eigenvalue weighted by atomic mass is 32.2. The van der Waals surface area contributed by atoms with Crippen LogP contribution in [0.2, 0.25) is 0 Å². The molecule has 0 aliphatic carbocycles. The molecule has 20 heavy (non-hydrogen) atoms. The van der Waals surface area contributed by atoms with E-state index in [0.29, 0.717) is 5.69 Å². The van der Waals surface area contributed by atoms with Gasteiger partial charge in [0, 0.05) is 26.4 Å². The number of hydrogen-bond acceptors (Lipinski definition) is 5. The third kappa shape index (κ3) is 3.92. The summed E-state index contributed by atoms with van der Waals surface area (Å²) in [5, 5.41) is 9.61. The van der Waals surface area contributed by atoms with E-state index in [1.807, 2.05) is 6.92 Å². The number of ether oxygens (including phenoxy) is 1. The number of aliphatic hydroxyl groups is 1. The van der Waals surface area contributed by atoms with Gasteiger partial charge in [-0.05, 0) is 24.1 Å². The van der Waals surface area contributed by atoms with E-state index >= 15 is 0 Å². The Hall–Kier alpha value is -1.15. The van der Waals surface area contributed by atoms with E-state index in [1.54, 1.807) is 6.07 Å². The van der Waals surface area contributed by atoms with E-state index in [4.69, 9.17) is 10.5 Å². The summed E-state index contributed by atoms with van der Waals surface area (Å²) >= 11 is 0. The molecule has 114 valence electrons. The molecule has 0 bridgehead atoms. The molecule has 7 heteroatoms. The fourth-order valence-electron chi connectivity index (χ4n) is 1.88. The Bertz CT molecular complexity index is 545. The van der Waals surface area contributed by atoms with E-state index in [9.17, 15) is 13.5 Å². The molecule has 0 saturated carbocycles. The molecule has 0 fully saturated rings. The number of sulfonamides is 1. The normalized spacial score (nSPS) is 13.7. The first-order valence-electron chi connectivity index (χ1n) is 6.34. The first-order chi connectivity index (χ1) is 9.32. The Balaban J connectivity index is 2.95. The number of aliphatic hydroxyl groups excluding tert-OH is 1. The molecule has 1 aromatic rings. The maximum absolute atomic E-state index is 12.3. The highest BCUT2D eigenvalue weighted by Crippen LogP contribution is 2.21. The summed E-state index contributed by atoms with van der Waals surface area (Å²) in [4.78, 5) is 0.124.